The van der Waals surface area contributed by atoms with Crippen LogP contribution >= 0.6 is 11.3 Å². The molecule has 2 heterocycles. The highest BCUT2D eigenvalue weighted by atomic mass is 32.1. The number of methoxy groups -OCH3 is 1. The Balaban J connectivity index is 1.56. The molecule has 0 unspecified atom stereocenters. The Morgan fingerprint density at radius 2 is 1.94 bits per heavy atom. The standard InChI is InChI=1S/C22H24N4O5S/c1-13-22(32-15(3)24-13)17-6-8-21(29)26(25-17)10-9-23-20(28)12-31-18-7-5-16(14(2)27)11-19(18)30-4/h5-8,11H,9-10,12H2,1-4H3,(H,23,28). The Morgan fingerprint density at radius 3 is 2.59 bits per heavy atom. The molecule has 3 rings (SSSR count). The van der Waals surface area contributed by atoms with E-state index >= 15 is 0 Å². The summed E-state index contributed by atoms with van der Waals surface area (Å²) < 4.78 is 12.0. The molecule has 0 saturated heterocycles. The van der Waals surface area contributed by atoms with Gasteiger partial charge in [0.2, 0.25) is 0 Å². The fraction of sp³-hybridized carbons (Fsp3) is 0.318. The Labute approximate surface area is 189 Å². The fourth-order valence-corrected chi connectivity index (χ4v) is 3.89. The van der Waals surface area contributed by atoms with Crippen LogP contribution in [-0.2, 0) is 11.3 Å². The van der Waals surface area contributed by atoms with Gasteiger partial charge >= 0.3 is 0 Å². The average Bonchev–Trinajstić information content (AvgIpc) is 3.11. The minimum Gasteiger partial charge on any atom is -0.493 e. The first-order valence-corrected chi connectivity index (χ1v) is 10.7. The maximum absolute atomic E-state index is 12.2. The third-order valence-corrected chi connectivity index (χ3v) is 5.67. The van der Waals surface area contributed by atoms with Gasteiger partial charge in [0, 0.05) is 18.2 Å². The molecule has 0 saturated carbocycles. The van der Waals surface area contributed by atoms with Crippen LogP contribution in [-0.4, -0.2) is 46.7 Å². The van der Waals surface area contributed by atoms with E-state index < -0.39 is 0 Å². The molecule has 0 aliphatic heterocycles. The first-order chi connectivity index (χ1) is 15.3. The second-order valence-corrected chi connectivity index (χ2v) is 8.19. The predicted molar refractivity (Wildman–Crippen MR) is 121 cm³/mol. The predicted octanol–water partition coefficient (Wildman–Crippen LogP) is 2.39. The molecular weight excluding hydrogens is 432 g/mol. The number of ether oxygens (including phenoxy) is 2. The number of hydrogen-bond donors (Lipinski definition) is 1. The monoisotopic (exact) mass is 456 g/mol. The second-order valence-electron chi connectivity index (χ2n) is 6.99. The van der Waals surface area contributed by atoms with E-state index in [1.165, 1.54) is 36.1 Å². The molecule has 1 aromatic carbocycles. The van der Waals surface area contributed by atoms with Gasteiger partial charge in [-0.2, -0.15) is 5.10 Å². The molecule has 10 heteroatoms. The number of thiazole rings is 1. The van der Waals surface area contributed by atoms with E-state index in [4.69, 9.17) is 9.47 Å². The van der Waals surface area contributed by atoms with Crippen LogP contribution in [0.1, 0.15) is 28.0 Å². The Kier molecular flexibility index (Phi) is 7.37. The van der Waals surface area contributed by atoms with Gasteiger partial charge in [0.05, 0.1) is 29.2 Å². The van der Waals surface area contributed by atoms with Crippen molar-refractivity contribution in [1.82, 2.24) is 20.1 Å². The third-order valence-electron chi connectivity index (χ3n) is 4.58. The Morgan fingerprint density at radius 1 is 1.16 bits per heavy atom. The second kappa shape index (κ2) is 10.2. The van der Waals surface area contributed by atoms with Gasteiger partial charge in [-0.3, -0.25) is 14.4 Å². The fourth-order valence-electron chi connectivity index (χ4n) is 3.00. The minimum atomic E-state index is -0.360. The molecule has 32 heavy (non-hydrogen) atoms. The van der Waals surface area contributed by atoms with Crippen LogP contribution < -0.4 is 20.3 Å². The van der Waals surface area contributed by atoms with Crippen LogP contribution in [0.2, 0.25) is 0 Å². The summed E-state index contributed by atoms with van der Waals surface area (Å²) in [5, 5.41) is 8.03. The number of amides is 1. The van der Waals surface area contributed by atoms with E-state index in [2.05, 4.69) is 15.4 Å². The van der Waals surface area contributed by atoms with E-state index in [1.54, 1.807) is 24.3 Å². The van der Waals surface area contributed by atoms with Crippen molar-refractivity contribution in [2.24, 2.45) is 0 Å². The maximum atomic E-state index is 12.2. The van der Waals surface area contributed by atoms with Gasteiger partial charge in [-0.05, 0) is 45.0 Å². The summed E-state index contributed by atoms with van der Waals surface area (Å²) in [7, 11) is 1.46. The van der Waals surface area contributed by atoms with E-state index in [9.17, 15) is 14.4 Å². The first kappa shape index (κ1) is 23.1. The summed E-state index contributed by atoms with van der Waals surface area (Å²) in [4.78, 5) is 41.1. The zero-order chi connectivity index (χ0) is 23.3. The van der Waals surface area contributed by atoms with Crippen molar-refractivity contribution >= 4 is 23.0 Å². The highest BCUT2D eigenvalue weighted by Gasteiger charge is 2.12. The lowest BCUT2D eigenvalue weighted by Gasteiger charge is -2.12. The number of nitrogens with one attached hydrogen (secondary N) is 1. The molecule has 0 fully saturated rings. The molecule has 1 N–H and O–H groups in total. The third kappa shape index (κ3) is 5.58. The number of rotatable bonds is 9. The van der Waals surface area contributed by atoms with Crippen molar-refractivity contribution in [1.29, 1.82) is 0 Å². The van der Waals surface area contributed by atoms with Crippen LogP contribution in [0.3, 0.4) is 0 Å². The smallest absolute Gasteiger partial charge is 0.266 e. The lowest BCUT2D eigenvalue weighted by molar-refractivity contribution is -0.123. The Hall–Kier alpha value is -3.53. The van der Waals surface area contributed by atoms with E-state index in [-0.39, 0.29) is 36.9 Å². The van der Waals surface area contributed by atoms with Crippen molar-refractivity contribution in [2.75, 3.05) is 20.3 Å². The number of nitrogens with zero attached hydrogens (tertiary/aromatic N) is 3. The highest BCUT2D eigenvalue weighted by Crippen LogP contribution is 2.28. The van der Waals surface area contributed by atoms with Crippen LogP contribution in [0, 0.1) is 13.8 Å². The number of aryl methyl sites for hydroxylation is 2. The largest absolute Gasteiger partial charge is 0.493 e. The normalized spacial score (nSPS) is 10.6. The van der Waals surface area contributed by atoms with E-state index in [0.717, 1.165) is 15.6 Å². The van der Waals surface area contributed by atoms with Gasteiger partial charge in [0.15, 0.2) is 23.9 Å². The number of Topliss-reactive ketones (excluding diaryl/α,β-unsaturated/α-hetero) is 1. The summed E-state index contributed by atoms with van der Waals surface area (Å²) in [6.07, 6.45) is 0. The van der Waals surface area contributed by atoms with Gasteiger partial charge in [-0.15, -0.1) is 11.3 Å². The number of aromatic nitrogens is 3. The Bertz CT molecular complexity index is 1200. The van der Waals surface area contributed by atoms with Crippen molar-refractivity contribution in [3.8, 4) is 22.1 Å². The van der Waals surface area contributed by atoms with Crippen molar-refractivity contribution < 1.29 is 19.1 Å². The number of hydrogen-bond acceptors (Lipinski definition) is 8. The molecule has 0 aliphatic carbocycles. The summed E-state index contributed by atoms with van der Waals surface area (Å²) in [6.45, 7) is 5.46. The van der Waals surface area contributed by atoms with Crippen LogP contribution in [0.15, 0.2) is 35.1 Å². The molecule has 168 valence electrons. The molecule has 9 nitrogen and oxygen atoms in total. The van der Waals surface area contributed by atoms with Gasteiger partial charge in [0.1, 0.15) is 5.69 Å². The molecule has 2 aromatic heterocycles. The number of carbonyl (C=O) groups excluding carboxylic acids is 2. The molecule has 3 aromatic rings. The van der Waals surface area contributed by atoms with Crippen LogP contribution in [0.4, 0.5) is 0 Å². The maximum Gasteiger partial charge on any atom is 0.266 e. The summed E-state index contributed by atoms with van der Waals surface area (Å²) in [5.41, 5.74) is 1.77. The summed E-state index contributed by atoms with van der Waals surface area (Å²) >= 11 is 1.52. The quantitative estimate of drug-likeness (QED) is 0.492. The summed E-state index contributed by atoms with van der Waals surface area (Å²) in [5.74, 6) is 0.266. The molecule has 0 spiro atoms. The van der Waals surface area contributed by atoms with Crippen molar-refractivity contribution in [3.05, 3.63) is 57.0 Å². The van der Waals surface area contributed by atoms with Crippen molar-refractivity contribution in [3.63, 3.8) is 0 Å². The zero-order valence-electron chi connectivity index (χ0n) is 18.3. The van der Waals surface area contributed by atoms with Gasteiger partial charge < -0.3 is 14.8 Å². The molecule has 1 amide bonds. The van der Waals surface area contributed by atoms with Gasteiger partial charge in [-0.1, -0.05) is 0 Å². The van der Waals surface area contributed by atoms with Gasteiger partial charge in [-0.25, -0.2) is 9.67 Å². The van der Waals surface area contributed by atoms with Gasteiger partial charge in [0.25, 0.3) is 11.5 Å². The van der Waals surface area contributed by atoms with E-state index in [1.807, 2.05) is 13.8 Å². The minimum absolute atomic E-state index is 0.0962. The molecule has 0 aliphatic rings. The van der Waals surface area contributed by atoms with Crippen LogP contribution in [0.5, 0.6) is 11.5 Å². The SMILES string of the molecule is COc1cc(C(C)=O)ccc1OCC(=O)NCCn1nc(-c2sc(C)nc2C)ccc1=O. The highest BCUT2D eigenvalue weighted by molar-refractivity contribution is 7.15. The van der Waals surface area contributed by atoms with E-state index in [0.29, 0.717) is 22.8 Å². The topological polar surface area (TPSA) is 112 Å². The van der Waals surface area contributed by atoms with Crippen LogP contribution in [0.25, 0.3) is 10.6 Å². The first-order valence-electron chi connectivity index (χ1n) is 9.89. The number of ketones is 1. The molecular formula is C22H24N4O5S. The zero-order valence-corrected chi connectivity index (χ0v) is 19.1. The lowest BCUT2D eigenvalue weighted by atomic mass is 10.1. The summed E-state index contributed by atoms with van der Waals surface area (Å²) in [6, 6.07) is 7.89. The average molecular weight is 457 g/mol. The van der Waals surface area contributed by atoms with Crippen molar-refractivity contribution in [2.45, 2.75) is 27.3 Å². The lowest BCUT2D eigenvalue weighted by Crippen LogP contribution is -2.34. The molecule has 0 bridgehead atoms. The number of carbonyl (C=O) groups is 2. The number of benzene rings is 1. The molecule has 0 radical (unpaired) electrons. The molecule has 0 atom stereocenters.